The van der Waals surface area contributed by atoms with Crippen molar-refractivity contribution in [2.75, 3.05) is 26.7 Å². The van der Waals surface area contributed by atoms with Gasteiger partial charge in [-0.2, -0.15) is 0 Å². The number of piperidine rings is 1. The Morgan fingerprint density at radius 1 is 1.50 bits per heavy atom. The van der Waals surface area contributed by atoms with Crippen LogP contribution >= 0.6 is 11.6 Å². The van der Waals surface area contributed by atoms with E-state index in [4.69, 9.17) is 11.6 Å². The van der Waals surface area contributed by atoms with E-state index in [1.165, 1.54) is 0 Å². The molecule has 2 saturated heterocycles. The fraction of sp³-hybridized carbons (Fsp3) is 0.643. The van der Waals surface area contributed by atoms with Crippen LogP contribution in [0.15, 0.2) is 16.6 Å². The Bertz CT molecular complexity index is 513. The normalized spacial score (nSPS) is 26.7. The molecule has 0 saturated carbocycles. The molecule has 8 heteroatoms. The molecule has 3 amide bonds. The van der Waals surface area contributed by atoms with Crippen molar-refractivity contribution in [2.45, 2.75) is 25.3 Å². The van der Waals surface area contributed by atoms with Gasteiger partial charge in [-0.3, -0.25) is 15.1 Å². The third-order valence-corrected chi connectivity index (χ3v) is 4.47. The average Bonchev–Trinajstić information content (AvgIpc) is 2.74. The zero-order valence-electron chi connectivity index (χ0n) is 12.9. The van der Waals surface area contributed by atoms with E-state index in [9.17, 15) is 9.59 Å². The zero-order chi connectivity index (χ0) is 16.3. The first kappa shape index (κ1) is 16.6. The maximum atomic E-state index is 12.0. The fourth-order valence-corrected chi connectivity index (χ4v) is 3.09. The Morgan fingerprint density at radius 3 is 2.59 bits per heavy atom. The van der Waals surface area contributed by atoms with Gasteiger partial charge in [0.1, 0.15) is 5.54 Å². The second-order valence-electron chi connectivity index (χ2n) is 5.79. The molecule has 2 aliphatic heterocycles. The highest BCUT2D eigenvalue weighted by Gasteiger charge is 2.48. The minimum Gasteiger partial charge on any atom is -0.351 e. The number of hydrogen-bond acceptors (Lipinski definition) is 3. The Hall–Kier alpha value is -1.76. The average molecular weight is 328 g/mol. The van der Waals surface area contributed by atoms with Crippen LogP contribution in [-0.2, 0) is 4.79 Å². The highest BCUT2D eigenvalue weighted by atomic mass is 35.5. The van der Waals surface area contributed by atoms with E-state index in [1.807, 2.05) is 0 Å². The van der Waals surface area contributed by atoms with Crippen molar-refractivity contribution in [3.05, 3.63) is 11.6 Å². The zero-order valence-corrected chi connectivity index (χ0v) is 13.7. The molecule has 0 aromatic carbocycles. The number of imide groups is 1. The molecule has 3 N–H and O–H groups in total. The predicted molar refractivity (Wildman–Crippen MR) is 85.7 cm³/mol. The molecule has 0 aromatic heterocycles. The van der Waals surface area contributed by atoms with Gasteiger partial charge in [-0.05, 0) is 25.7 Å². The summed E-state index contributed by atoms with van der Waals surface area (Å²) in [7, 11) is 1.72. The van der Waals surface area contributed by atoms with Crippen molar-refractivity contribution < 1.29 is 9.59 Å². The Morgan fingerprint density at radius 2 is 2.14 bits per heavy atom. The quantitative estimate of drug-likeness (QED) is 0.403. The van der Waals surface area contributed by atoms with Crippen LogP contribution in [0.2, 0.25) is 0 Å². The number of amides is 3. The van der Waals surface area contributed by atoms with Crippen LogP contribution in [0.4, 0.5) is 4.79 Å². The monoisotopic (exact) mass is 327 g/mol. The number of carbonyl (C=O) groups excluding carboxylic acids is 2. The number of guanidine groups is 1. The summed E-state index contributed by atoms with van der Waals surface area (Å²) in [6.45, 7) is 7.42. The molecule has 0 aliphatic carbocycles. The maximum Gasteiger partial charge on any atom is 0.322 e. The molecule has 2 fully saturated rings. The smallest absolute Gasteiger partial charge is 0.322 e. The minimum absolute atomic E-state index is 0.108. The highest BCUT2D eigenvalue weighted by Crippen LogP contribution is 2.30. The van der Waals surface area contributed by atoms with E-state index < -0.39 is 11.6 Å². The lowest BCUT2D eigenvalue weighted by Crippen LogP contribution is -2.55. The first-order valence-electron chi connectivity index (χ1n) is 7.29. The van der Waals surface area contributed by atoms with E-state index in [0.717, 1.165) is 31.9 Å². The van der Waals surface area contributed by atoms with E-state index in [0.29, 0.717) is 11.6 Å². The Kier molecular flexibility index (Phi) is 4.95. The van der Waals surface area contributed by atoms with E-state index in [1.54, 1.807) is 14.0 Å². The Labute approximate surface area is 135 Å². The summed E-state index contributed by atoms with van der Waals surface area (Å²) in [6, 6.07) is -0.409. The van der Waals surface area contributed by atoms with Crippen molar-refractivity contribution in [3.63, 3.8) is 0 Å². The lowest BCUT2D eigenvalue weighted by Gasteiger charge is -2.39. The third kappa shape index (κ3) is 3.35. The molecule has 7 nitrogen and oxygen atoms in total. The number of carbonyl (C=O) groups is 2. The van der Waals surface area contributed by atoms with Crippen molar-refractivity contribution in [3.8, 4) is 0 Å². The third-order valence-electron chi connectivity index (χ3n) is 4.33. The predicted octanol–water partition coefficient (Wildman–Crippen LogP) is 0.624. The van der Waals surface area contributed by atoms with Crippen LogP contribution in [0.3, 0.4) is 0 Å². The summed E-state index contributed by atoms with van der Waals surface area (Å²) < 4.78 is 0. The van der Waals surface area contributed by atoms with Gasteiger partial charge in [-0.15, -0.1) is 0 Å². The lowest BCUT2D eigenvalue weighted by atomic mass is 9.79. The highest BCUT2D eigenvalue weighted by molar-refractivity contribution is 6.29. The number of likely N-dealkylation sites (tertiary alicyclic amines) is 1. The van der Waals surface area contributed by atoms with Crippen LogP contribution in [0, 0.1) is 5.92 Å². The lowest BCUT2D eigenvalue weighted by molar-refractivity contribution is -0.125. The molecule has 2 aliphatic rings. The molecular formula is C14H22ClN5O2. The first-order chi connectivity index (χ1) is 10.4. The molecule has 1 atom stereocenters. The van der Waals surface area contributed by atoms with Crippen LogP contribution in [0.25, 0.3) is 0 Å². The minimum atomic E-state index is -0.815. The Balaban J connectivity index is 1.94. The van der Waals surface area contributed by atoms with Gasteiger partial charge in [0.05, 0.1) is 6.54 Å². The molecule has 0 bridgehead atoms. The van der Waals surface area contributed by atoms with Gasteiger partial charge in [-0.1, -0.05) is 18.2 Å². The van der Waals surface area contributed by atoms with Crippen LogP contribution in [0.5, 0.6) is 0 Å². The van der Waals surface area contributed by atoms with Gasteiger partial charge < -0.3 is 15.5 Å². The molecule has 0 spiro atoms. The molecule has 22 heavy (non-hydrogen) atoms. The molecule has 2 heterocycles. The molecule has 0 aromatic rings. The summed E-state index contributed by atoms with van der Waals surface area (Å²) >= 11 is 5.76. The van der Waals surface area contributed by atoms with Crippen LogP contribution in [-0.4, -0.2) is 55.0 Å². The molecule has 1 unspecified atom stereocenters. The van der Waals surface area contributed by atoms with Gasteiger partial charge in [0.15, 0.2) is 5.96 Å². The fourth-order valence-electron chi connectivity index (χ4n) is 3.02. The van der Waals surface area contributed by atoms with Gasteiger partial charge in [0.25, 0.3) is 5.91 Å². The second kappa shape index (κ2) is 6.56. The topological polar surface area (TPSA) is 85.8 Å². The number of nitrogens with zero attached hydrogens (tertiary/aromatic N) is 2. The van der Waals surface area contributed by atoms with Gasteiger partial charge in [0, 0.05) is 25.2 Å². The van der Waals surface area contributed by atoms with E-state index >= 15 is 0 Å². The second-order valence-corrected chi connectivity index (χ2v) is 6.32. The van der Waals surface area contributed by atoms with Gasteiger partial charge in [-0.25, -0.2) is 4.79 Å². The van der Waals surface area contributed by atoms with Crippen molar-refractivity contribution in [2.24, 2.45) is 10.9 Å². The standard InChI is InChI=1S/C14H22ClN5O2/c1-9(15)8-17-12(16-3)20-6-4-10(5-7-20)14(2)11(21)18-13(22)19-14/h10H,1,4-8H2,2-3H3,(H,16,17)(H2,18,19,21,22). The van der Waals surface area contributed by atoms with Crippen molar-refractivity contribution in [1.82, 2.24) is 20.9 Å². The molecule has 122 valence electrons. The summed E-state index contributed by atoms with van der Waals surface area (Å²) in [5, 5.41) is 8.74. The number of nitrogens with one attached hydrogen (secondary N) is 3. The van der Waals surface area contributed by atoms with Crippen LogP contribution in [0.1, 0.15) is 19.8 Å². The summed E-state index contributed by atoms with van der Waals surface area (Å²) in [4.78, 5) is 29.7. The van der Waals surface area contributed by atoms with E-state index in [2.05, 4.69) is 32.4 Å². The SMILES string of the molecule is C=C(Cl)CNC(=NC)N1CCC(C2(C)NC(=O)NC2=O)CC1. The van der Waals surface area contributed by atoms with E-state index in [-0.39, 0.29) is 11.8 Å². The van der Waals surface area contributed by atoms with Gasteiger partial charge >= 0.3 is 6.03 Å². The first-order valence-corrected chi connectivity index (χ1v) is 7.67. The maximum absolute atomic E-state index is 12.0. The number of rotatable bonds is 3. The molecular weight excluding hydrogens is 306 g/mol. The molecule has 0 radical (unpaired) electrons. The van der Waals surface area contributed by atoms with Crippen molar-refractivity contribution in [1.29, 1.82) is 0 Å². The summed E-state index contributed by atoms with van der Waals surface area (Å²) in [6.07, 6.45) is 1.60. The number of halogens is 1. The van der Waals surface area contributed by atoms with Crippen LogP contribution < -0.4 is 16.0 Å². The number of hydrogen-bond donors (Lipinski definition) is 3. The summed E-state index contributed by atoms with van der Waals surface area (Å²) in [5.41, 5.74) is -0.815. The number of urea groups is 1. The molecule has 2 rings (SSSR count). The summed E-state index contributed by atoms with van der Waals surface area (Å²) in [5.74, 6) is 0.638. The van der Waals surface area contributed by atoms with Gasteiger partial charge in [0.2, 0.25) is 0 Å². The number of aliphatic imine (C=N–C) groups is 1. The largest absolute Gasteiger partial charge is 0.351 e. The van der Waals surface area contributed by atoms with Crippen molar-refractivity contribution >= 4 is 29.5 Å².